The molecule has 2 saturated heterocycles. The van der Waals surface area contributed by atoms with Crippen LogP contribution in [0, 0.1) is 23.7 Å². The molecule has 0 unspecified atom stereocenters. The van der Waals surface area contributed by atoms with E-state index < -0.39 is 5.54 Å². The SMILES string of the molecule is CC1(C)CSC(=NCc2ccccc2)N1C(=O)CN1C(=O)[C@@H]2[C@H](C1=O)[C@H]1C=C[C@@H]2C1. The highest BCUT2D eigenvalue weighted by Gasteiger charge is 2.59. The van der Waals surface area contributed by atoms with Crippen molar-refractivity contribution in [1.29, 1.82) is 0 Å². The van der Waals surface area contributed by atoms with Crippen LogP contribution in [0.4, 0.5) is 0 Å². The normalized spacial score (nSPS) is 32.5. The molecule has 0 spiro atoms. The number of thioether (sulfide) groups is 1. The van der Waals surface area contributed by atoms with Crippen LogP contribution >= 0.6 is 11.8 Å². The zero-order chi connectivity index (χ0) is 21.0. The van der Waals surface area contributed by atoms with Crippen LogP contribution in [0.5, 0.6) is 0 Å². The number of likely N-dealkylation sites (tertiary alicyclic amines) is 1. The van der Waals surface area contributed by atoms with Crippen molar-refractivity contribution in [3.63, 3.8) is 0 Å². The van der Waals surface area contributed by atoms with Crippen molar-refractivity contribution in [3.05, 3.63) is 48.0 Å². The van der Waals surface area contributed by atoms with Gasteiger partial charge in [0, 0.05) is 5.75 Å². The molecule has 0 aromatic heterocycles. The van der Waals surface area contributed by atoms with E-state index in [1.54, 1.807) is 16.7 Å². The van der Waals surface area contributed by atoms with E-state index in [2.05, 4.69) is 17.1 Å². The number of hydrogen-bond acceptors (Lipinski definition) is 5. The number of allylic oxidation sites excluding steroid dienone is 2. The molecular formula is C23H25N3O3S. The molecule has 7 heteroatoms. The number of carbonyl (C=O) groups excluding carboxylic acids is 3. The molecule has 2 aliphatic heterocycles. The molecule has 0 radical (unpaired) electrons. The summed E-state index contributed by atoms with van der Waals surface area (Å²) < 4.78 is 0. The Morgan fingerprint density at radius 1 is 1.10 bits per heavy atom. The maximum absolute atomic E-state index is 13.3. The van der Waals surface area contributed by atoms with Gasteiger partial charge in [0.1, 0.15) is 6.54 Å². The maximum Gasteiger partial charge on any atom is 0.249 e. The molecule has 3 fully saturated rings. The average molecular weight is 424 g/mol. The first-order chi connectivity index (χ1) is 14.4. The standard InChI is InChI=1S/C23H25N3O3S/c1-23(2)13-30-22(24-11-14-6-4-3-5-7-14)26(23)17(27)12-25-20(28)18-15-8-9-16(10-15)19(18)21(25)29/h3-9,15-16,18-19H,10-13H2,1-2H3/t15-,16+,18+,19-. The molecule has 1 aromatic carbocycles. The van der Waals surface area contributed by atoms with E-state index in [9.17, 15) is 14.4 Å². The van der Waals surface area contributed by atoms with Crippen molar-refractivity contribution < 1.29 is 14.4 Å². The van der Waals surface area contributed by atoms with Gasteiger partial charge in [0.25, 0.3) is 0 Å². The van der Waals surface area contributed by atoms with E-state index in [1.807, 2.05) is 44.2 Å². The van der Waals surface area contributed by atoms with Crippen molar-refractivity contribution in [1.82, 2.24) is 9.80 Å². The zero-order valence-electron chi connectivity index (χ0n) is 17.2. The number of benzene rings is 1. The fourth-order valence-corrected chi connectivity index (χ4v) is 6.50. The summed E-state index contributed by atoms with van der Waals surface area (Å²) in [6, 6.07) is 9.90. The van der Waals surface area contributed by atoms with Crippen LogP contribution in [0.25, 0.3) is 0 Å². The van der Waals surface area contributed by atoms with Gasteiger partial charge in [-0.05, 0) is 37.7 Å². The fraction of sp³-hybridized carbons (Fsp3) is 0.478. The largest absolute Gasteiger partial charge is 0.283 e. The van der Waals surface area contributed by atoms with Gasteiger partial charge in [0.15, 0.2) is 5.17 Å². The summed E-state index contributed by atoms with van der Waals surface area (Å²) in [5, 5.41) is 0.662. The quantitative estimate of drug-likeness (QED) is 0.552. The molecule has 30 heavy (non-hydrogen) atoms. The smallest absolute Gasteiger partial charge is 0.249 e. The summed E-state index contributed by atoms with van der Waals surface area (Å²) in [6.07, 6.45) is 5.02. The first-order valence-electron chi connectivity index (χ1n) is 10.4. The molecule has 5 rings (SSSR count). The summed E-state index contributed by atoms with van der Waals surface area (Å²) in [5.41, 5.74) is 0.655. The van der Waals surface area contributed by atoms with E-state index in [-0.39, 0.29) is 47.9 Å². The third kappa shape index (κ3) is 3.02. The van der Waals surface area contributed by atoms with Crippen LogP contribution in [0.15, 0.2) is 47.5 Å². The lowest BCUT2D eigenvalue weighted by molar-refractivity contribution is -0.146. The minimum absolute atomic E-state index is 0.151. The molecule has 1 aromatic rings. The van der Waals surface area contributed by atoms with Crippen molar-refractivity contribution in [2.75, 3.05) is 12.3 Å². The van der Waals surface area contributed by atoms with E-state index in [1.165, 1.54) is 4.90 Å². The second-order valence-corrected chi connectivity index (χ2v) is 10.1. The Balaban J connectivity index is 1.34. The number of rotatable bonds is 4. The summed E-state index contributed by atoms with van der Waals surface area (Å²) >= 11 is 1.55. The topological polar surface area (TPSA) is 70.1 Å². The summed E-state index contributed by atoms with van der Waals surface area (Å²) in [7, 11) is 0. The van der Waals surface area contributed by atoms with Gasteiger partial charge in [-0.25, -0.2) is 0 Å². The number of amides is 3. The second-order valence-electron chi connectivity index (χ2n) is 9.18. The van der Waals surface area contributed by atoms with Gasteiger partial charge in [-0.3, -0.25) is 29.2 Å². The predicted octanol–water partition coefficient (Wildman–Crippen LogP) is 2.70. The monoisotopic (exact) mass is 423 g/mol. The highest BCUT2D eigenvalue weighted by Crippen LogP contribution is 2.52. The van der Waals surface area contributed by atoms with Crippen LogP contribution in [-0.2, 0) is 20.9 Å². The number of fused-ring (bicyclic) bond motifs is 5. The lowest BCUT2D eigenvalue weighted by Crippen LogP contribution is -2.51. The molecule has 2 heterocycles. The number of aliphatic imine (C=N–C) groups is 1. The van der Waals surface area contributed by atoms with E-state index in [0.717, 1.165) is 17.7 Å². The lowest BCUT2D eigenvalue weighted by atomic mass is 9.85. The molecular weight excluding hydrogens is 398 g/mol. The molecule has 0 N–H and O–H groups in total. The number of amidine groups is 1. The highest BCUT2D eigenvalue weighted by molar-refractivity contribution is 8.14. The van der Waals surface area contributed by atoms with E-state index in [4.69, 9.17) is 0 Å². The highest BCUT2D eigenvalue weighted by atomic mass is 32.2. The van der Waals surface area contributed by atoms with Gasteiger partial charge in [0.2, 0.25) is 17.7 Å². The van der Waals surface area contributed by atoms with Crippen molar-refractivity contribution in [2.24, 2.45) is 28.7 Å². The second kappa shape index (κ2) is 7.08. The van der Waals surface area contributed by atoms with Crippen molar-refractivity contribution in [2.45, 2.75) is 32.4 Å². The van der Waals surface area contributed by atoms with Crippen LogP contribution in [-0.4, -0.2) is 50.5 Å². The minimum Gasteiger partial charge on any atom is -0.283 e. The number of hydrogen-bond donors (Lipinski definition) is 0. The lowest BCUT2D eigenvalue weighted by Gasteiger charge is -2.31. The van der Waals surface area contributed by atoms with Gasteiger partial charge in [-0.15, -0.1) is 0 Å². The van der Waals surface area contributed by atoms with E-state index >= 15 is 0 Å². The predicted molar refractivity (Wildman–Crippen MR) is 115 cm³/mol. The number of carbonyl (C=O) groups is 3. The number of nitrogens with zero attached hydrogens (tertiary/aromatic N) is 3. The number of imide groups is 1. The Morgan fingerprint density at radius 3 is 2.37 bits per heavy atom. The first kappa shape index (κ1) is 19.5. The molecule has 6 nitrogen and oxygen atoms in total. The fourth-order valence-electron chi connectivity index (χ4n) is 5.26. The van der Waals surface area contributed by atoms with Gasteiger partial charge in [-0.1, -0.05) is 54.2 Å². The van der Waals surface area contributed by atoms with Gasteiger partial charge in [-0.2, -0.15) is 0 Å². The Morgan fingerprint density at radius 2 is 1.73 bits per heavy atom. The molecule has 4 atom stereocenters. The van der Waals surface area contributed by atoms with Gasteiger partial charge < -0.3 is 0 Å². The third-order valence-corrected chi connectivity index (χ3v) is 8.12. The summed E-state index contributed by atoms with van der Waals surface area (Å²) in [5.74, 6) is -0.103. The average Bonchev–Trinajstić information content (AvgIpc) is 3.46. The molecule has 1 saturated carbocycles. The molecule has 4 aliphatic rings. The molecule has 156 valence electrons. The van der Waals surface area contributed by atoms with Crippen LogP contribution in [0.2, 0.25) is 0 Å². The third-order valence-electron chi connectivity index (χ3n) is 6.70. The van der Waals surface area contributed by atoms with Gasteiger partial charge >= 0.3 is 0 Å². The summed E-state index contributed by atoms with van der Waals surface area (Å²) in [6.45, 7) is 4.28. The minimum atomic E-state index is -0.417. The van der Waals surface area contributed by atoms with E-state index in [0.29, 0.717) is 11.7 Å². The van der Waals surface area contributed by atoms with Crippen molar-refractivity contribution >= 4 is 34.7 Å². The maximum atomic E-state index is 13.3. The molecule has 3 amide bonds. The van der Waals surface area contributed by atoms with Crippen LogP contribution < -0.4 is 0 Å². The van der Waals surface area contributed by atoms with Crippen LogP contribution in [0.3, 0.4) is 0 Å². The van der Waals surface area contributed by atoms with Crippen molar-refractivity contribution in [3.8, 4) is 0 Å². The summed E-state index contributed by atoms with van der Waals surface area (Å²) in [4.78, 5) is 46.8. The van der Waals surface area contributed by atoms with Gasteiger partial charge in [0.05, 0.1) is 23.9 Å². The molecule has 2 bridgehead atoms. The Kier molecular flexibility index (Phi) is 4.61. The Bertz CT molecular complexity index is 941. The first-order valence-corrected chi connectivity index (χ1v) is 11.4. The Labute approximate surface area is 180 Å². The molecule has 2 aliphatic carbocycles. The zero-order valence-corrected chi connectivity index (χ0v) is 18.0. The Hall–Kier alpha value is -2.41. The van der Waals surface area contributed by atoms with Crippen LogP contribution in [0.1, 0.15) is 25.8 Å².